The molecule has 5 heteroatoms. The van der Waals surface area contributed by atoms with Crippen LogP contribution in [0, 0.1) is 34.5 Å². The molecule has 6 aliphatic rings. The first kappa shape index (κ1) is 21.6. The van der Waals surface area contributed by atoms with Crippen molar-refractivity contribution in [1.29, 1.82) is 0 Å². The summed E-state index contributed by atoms with van der Waals surface area (Å²) in [6.07, 6.45) is 12.8. The lowest BCUT2D eigenvalue weighted by molar-refractivity contribution is -0.206. The molecule has 0 radical (unpaired) electrons. The Morgan fingerprint density at radius 2 is 1.88 bits per heavy atom. The number of carbonyl (C=O) groups is 1. The number of esters is 1. The van der Waals surface area contributed by atoms with Gasteiger partial charge in [-0.3, -0.25) is 4.90 Å². The monoisotopic (exact) mass is 443 g/mol. The molecule has 0 bridgehead atoms. The van der Waals surface area contributed by atoms with Gasteiger partial charge in [0.2, 0.25) is 0 Å². The molecule has 4 saturated carbocycles. The Balaban J connectivity index is 1.23. The highest BCUT2D eigenvalue weighted by Gasteiger charge is 2.67. The third-order valence-electron chi connectivity index (χ3n) is 11.7. The summed E-state index contributed by atoms with van der Waals surface area (Å²) < 4.78 is 5.25. The van der Waals surface area contributed by atoms with Crippen molar-refractivity contribution in [3.63, 3.8) is 0 Å². The molecule has 178 valence electrons. The Labute approximate surface area is 192 Å². The molecular weight excluding hydrogens is 402 g/mol. The van der Waals surface area contributed by atoms with E-state index < -0.39 is 5.60 Å². The number of aliphatic hydroxyl groups is 2. The molecule has 0 aromatic carbocycles. The lowest BCUT2D eigenvalue weighted by Crippen LogP contribution is -2.62. The van der Waals surface area contributed by atoms with Crippen molar-refractivity contribution >= 4 is 5.97 Å². The number of ether oxygens (including phenoxy) is 1. The topological polar surface area (TPSA) is 70.0 Å². The zero-order valence-corrected chi connectivity index (χ0v) is 19.9. The molecule has 0 aromatic rings. The van der Waals surface area contributed by atoms with Crippen molar-refractivity contribution < 1.29 is 19.7 Å². The average Bonchev–Trinajstić information content (AvgIpc) is 3.45. The van der Waals surface area contributed by atoms with E-state index in [1.54, 1.807) is 6.08 Å². The van der Waals surface area contributed by atoms with Crippen LogP contribution in [0.25, 0.3) is 0 Å². The summed E-state index contributed by atoms with van der Waals surface area (Å²) in [7, 11) is 0. The van der Waals surface area contributed by atoms with Crippen molar-refractivity contribution in [1.82, 2.24) is 4.90 Å². The summed E-state index contributed by atoms with van der Waals surface area (Å²) in [6, 6.07) is 0.640. The molecule has 5 nitrogen and oxygen atoms in total. The Morgan fingerprint density at radius 1 is 1.03 bits per heavy atom. The second kappa shape index (κ2) is 7.29. The number of fused-ring (bicyclic) bond motifs is 5. The van der Waals surface area contributed by atoms with E-state index in [1.807, 2.05) is 0 Å². The van der Waals surface area contributed by atoms with Gasteiger partial charge in [-0.25, -0.2) is 4.79 Å². The first-order valence-electron chi connectivity index (χ1n) is 13.3. The molecule has 2 heterocycles. The third-order valence-corrected chi connectivity index (χ3v) is 11.7. The zero-order valence-electron chi connectivity index (χ0n) is 19.9. The normalized spacial score (nSPS) is 53.4. The van der Waals surface area contributed by atoms with Crippen LogP contribution < -0.4 is 0 Å². The first-order valence-corrected chi connectivity index (χ1v) is 13.3. The number of nitrogens with zero attached hydrogens (tertiary/aromatic N) is 1. The minimum absolute atomic E-state index is 0.129. The summed E-state index contributed by atoms with van der Waals surface area (Å²) in [4.78, 5) is 14.3. The van der Waals surface area contributed by atoms with Crippen LogP contribution >= 0.6 is 0 Å². The molecule has 1 saturated heterocycles. The largest absolute Gasteiger partial charge is 0.458 e. The maximum atomic E-state index is 12.3. The van der Waals surface area contributed by atoms with Gasteiger partial charge in [0.05, 0.1) is 11.7 Å². The molecular formula is C27H41NO4. The van der Waals surface area contributed by atoms with Gasteiger partial charge >= 0.3 is 5.97 Å². The van der Waals surface area contributed by atoms with Gasteiger partial charge in [-0.05, 0) is 98.9 Å². The summed E-state index contributed by atoms with van der Waals surface area (Å²) >= 11 is 0. The zero-order chi connectivity index (χ0) is 22.3. The van der Waals surface area contributed by atoms with Crippen LogP contribution in [-0.2, 0) is 9.53 Å². The predicted octanol–water partition coefficient (Wildman–Crippen LogP) is 3.68. The number of rotatable bonds is 2. The quantitative estimate of drug-likeness (QED) is 0.637. The van der Waals surface area contributed by atoms with Crippen LogP contribution in [0.4, 0.5) is 0 Å². The van der Waals surface area contributed by atoms with E-state index in [0.29, 0.717) is 29.9 Å². The van der Waals surface area contributed by atoms with Crippen molar-refractivity contribution in [3.8, 4) is 0 Å². The Morgan fingerprint density at radius 3 is 2.59 bits per heavy atom. The van der Waals surface area contributed by atoms with Crippen molar-refractivity contribution in [2.45, 2.75) is 95.8 Å². The highest BCUT2D eigenvalue weighted by molar-refractivity contribution is 5.85. The second-order valence-electron chi connectivity index (χ2n) is 12.7. The van der Waals surface area contributed by atoms with E-state index in [9.17, 15) is 15.0 Å². The highest BCUT2D eigenvalue weighted by atomic mass is 16.5. The van der Waals surface area contributed by atoms with Crippen LogP contribution in [0.2, 0.25) is 0 Å². The van der Waals surface area contributed by atoms with Gasteiger partial charge in [0.1, 0.15) is 6.61 Å². The van der Waals surface area contributed by atoms with Gasteiger partial charge in [0.15, 0.2) is 0 Å². The summed E-state index contributed by atoms with van der Waals surface area (Å²) in [5, 5.41) is 22.4. The molecule has 6 rings (SSSR count). The molecule has 4 aliphatic carbocycles. The van der Waals surface area contributed by atoms with Crippen LogP contribution in [0.5, 0.6) is 0 Å². The number of β-amino-alcohol motifs (C(OH)–C–C–N with tert-alkyl or cyclic N) is 1. The van der Waals surface area contributed by atoms with Gasteiger partial charge in [-0.2, -0.15) is 0 Å². The smallest absolute Gasteiger partial charge is 0.331 e. The minimum Gasteiger partial charge on any atom is -0.458 e. The van der Waals surface area contributed by atoms with Gasteiger partial charge in [0, 0.05) is 30.6 Å². The average molecular weight is 444 g/mol. The molecule has 0 amide bonds. The summed E-state index contributed by atoms with van der Waals surface area (Å²) in [5.74, 6) is 1.81. The maximum absolute atomic E-state index is 12.3. The van der Waals surface area contributed by atoms with Crippen molar-refractivity contribution in [2.24, 2.45) is 34.5 Å². The fourth-order valence-electron chi connectivity index (χ4n) is 9.82. The molecule has 0 aromatic heterocycles. The third kappa shape index (κ3) is 2.89. The second-order valence-corrected chi connectivity index (χ2v) is 12.7. The van der Waals surface area contributed by atoms with Crippen LogP contribution in [0.1, 0.15) is 78.1 Å². The summed E-state index contributed by atoms with van der Waals surface area (Å²) in [6.45, 7) is 7.21. The minimum atomic E-state index is -0.614. The number of hydrogen-bond donors (Lipinski definition) is 2. The van der Waals surface area contributed by atoms with Gasteiger partial charge in [-0.15, -0.1) is 0 Å². The number of carbonyl (C=O) groups excluding carboxylic acids is 1. The van der Waals surface area contributed by atoms with Crippen LogP contribution in [-0.4, -0.2) is 58.5 Å². The van der Waals surface area contributed by atoms with Crippen LogP contribution in [0.3, 0.4) is 0 Å². The molecule has 0 spiro atoms. The fourth-order valence-corrected chi connectivity index (χ4v) is 9.82. The number of hydrogen-bond acceptors (Lipinski definition) is 5. The van der Waals surface area contributed by atoms with Gasteiger partial charge in [-0.1, -0.05) is 13.8 Å². The first-order chi connectivity index (χ1) is 15.2. The Hall–Kier alpha value is -0.910. The molecule has 5 fully saturated rings. The molecule has 8 unspecified atom stereocenters. The molecule has 2 aliphatic heterocycles. The highest BCUT2D eigenvalue weighted by Crippen LogP contribution is 2.70. The molecule has 32 heavy (non-hydrogen) atoms. The fraction of sp³-hybridized carbons (Fsp3) is 0.889. The SMILES string of the molecule is CC12CCC(N3CC[C@H](O)C3)CC1CCC1C2CCC2(C)C(C3=CC(=O)OC3)CCC12O. The van der Waals surface area contributed by atoms with E-state index in [4.69, 9.17) is 4.74 Å². The Kier molecular flexibility index (Phi) is 4.93. The van der Waals surface area contributed by atoms with E-state index in [-0.39, 0.29) is 23.4 Å². The lowest BCUT2D eigenvalue weighted by atomic mass is 9.43. The number of likely N-dealkylation sites (tertiary alicyclic amines) is 1. The van der Waals surface area contributed by atoms with E-state index in [2.05, 4.69) is 18.7 Å². The lowest BCUT2D eigenvalue weighted by Gasteiger charge is -2.64. The van der Waals surface area contributed by atoms with Crippen molar-refractivity contribution in [3.05, 3.63) is 11.6 Å². The van der Waals surface area contributed by atoms with Gasteiger partial charge in [0.25, 0.3) is 0 Å². The van der Waals surface area contributed by atoms with E-state index in [1.165, 1.54) is 32.1 Å². The molecule has 9 atom stereocenters. The van der Waals surface area contributed by atoms with E-state index >= 15 is 0 Å². The standard InChI is InChI=1S/C27H41NO4/c1-25-9-5-19(28-12-8-20(29)15-28)14-18(25)3-4-23-22(25)6-10-26(2)21(7-11-27(23,26)31)17-13-24(30)32-16-17/h13,18-23,29,31H,3-12,14-16H2,1-2H3/t18?,19?,20-,21?,22?,23?,25?,26?,27?/m0/s1. The Bertz CT molecular complexity index is 826. The van der Waals surface area contributed by atoms with E-state index in [0.717, 1.165) is 56.7 Å². The number of cyclic esters (lactones) is 1. The summed E-state index contributed by atoms with van der Waals surface area (Å²) in [5.41, 5.74) is 0.704. The van der Waals surface area contributed by atoms with Crippen LogP contribution in [0.15, 0.2) is 11.6 Å². The molecule has 2 N–H and O–H groups in total. The predicted molar refractivity (Wildman–Crippen MR) is 122 cm³/mol. The maximum Gasteiger partial charge on any atom is 0.331 e. The van der Waals surface area contributed by atoms with Crippen molar-refractivity contribution in [2.75, 3.05) is 19.7 Å². The number of aliphatic hydroxyl groups excluding tert-OH is 1. The van der Waals surface area contributed by atoms with Gasteiger partial charge < -0.3 is 14.9 Å².